The van der Waals surface area contributed by atoms with Gasteiger partial charge < -0.3 is 60.5 Å². The molecule has 26 heteroatoms. The maximum Gasteiger partial charge on any atom is 0.246 e. The Labute approximate surface area is 569 Å². The molecule has 94 heavy (non-hydrogen) atoms. The molecular weight excluding hydrogens is 1290 g/mol. The first-order valence-corrected chi connectivity index (χ1v) is 34.0. The third-order valence-corrected chi connectivity index (χ3v) is 18.8. The summed E-state index contributed by atoms with van der Waals surface area (Å²) in [5.41, 5.74) is -0.465. The van der Waals surface area contributed by atoms with E-state index in [1.807, 2.05) is 41.5 Å². The third kappa shape index (κ3) is 22.5. The van der Waals surface area contributed by atoms with Crippen LogP contribution in [0.4, 0.5) is 0 Å². The molecule has 522 valence electrons. The highest BCUT2D eigenvalue weighted by atomic mass is 79.9. The van der Waals surface area contributed by atoms with Gasteiger partial charge in [-0.25, -0.2) is 0 Å². The largest absolute Gasteiger partial charge is 0.343 e. The van der Waals surface area contributed by atoms with E-state index in [0.717, 1.165) is 21.1 Å². The van der Waals surface area contributed by atoms with E-state index in [1.54, 1.807) is 60.4 Å². The van der Waals surface area contributed by atoms with Crippen LogP contribution in [0.3, 0.4) is 0 Å². The Morgan fingerprint density at radius 3 is 1.78 bits per heavy atom. The Morgan fingerprint density at radius 1 is 0.596 bits per heavy atom. The van der Waals surface area contributed by atoms with Gasteiger partial charge in [-0.05, 0) is 106 Å². The average Bonchev–Trinajstić information content (AvgIpc) is 0.821. The SMILES string of the molecule is CCCC[C@@H]1NC(=O)[C@H](Cc2cccc(Br)c2)NC(=O)CN(C)C(=O)[C@H](Cc2ccc(Cl)cc2)N(C)C(=O)CN(C)C(=O)CN(C)C(=O)[C@H]([C@@H](C)CC)NC(=O)[C@H](CC(C)C)N(C)C(=O)CC(C(=O)N2CCCCC2)N(C)C(=O)[C@H](CC(C)C)NC(=O)C(C)(C)N(C)C1=O. The van der Waals surface area contributed by atoms with Crippen LogP contribution in [0.25, 0.3) is 0 Å². The first kappa shape index (κ1) is 79.3. The van der Waals surface area contributed by atoms with Crippen molar-refractivity contribution in [3.8, 4) is 0 Å². The molecule has 0 aromatic heterocycles. The number of halogens is 2. The van der Waals surface area contributed by atoms with Gasteiger partial charge in [0.05, 0.1) is 26.1 Å². The van der Waals surface area contributed by atoms with Gasteiger partial charge in [0.25, 0.3) is 0 Å². The number of rotatable bonds is 14. The number of nitrogens with one attached hydrogen (secondary N) is 4. The molecule has 24 nitrogen and oxygen atoms in total. The van der Waals surface area contributed by atoms with E-state index in [0.29, 0.717) is 65.8 Å². The van der Waals surface area contributed by atoms with Crippen molar-refractivity contribution in [2.45, 2.75) is 187 Å². The quantitative estimate of drug-likeness (QED) is 0.201. The molecule has 8 atom stereocenters. The molecule has 0 radical (unpaired) electrons. The second-order valence-corrected chi connectivity index (χ2v) is 28.2. The van der Waals surface area contributed by atoms with Crippen molar-refractivity contribution in [3.63, 3.8) is 0 Å². The number of carbonyl (C=O) groups excluding carboxylic acids is 12. The number of hydrogen-bond acceptors (Lipinski definition) is 12. The molecule has 2 aromatic carbocycles. The van der Waals surface area contributed by atoms with Crippen molar-refractivity contribution < 1.29 is 57.5 Å². The molecule has 0 aliphatic carbocycles. The van der Waals surface area contributed by atoms with E-state index in [4.69, 9.17) is 11.6 Å². The second-order valence-electron chi connectivity index (χ2n) is 26.8. The summed E-state index contributed by atoms with van der Waals surface area (Å²) < 4.78 is 0.688. The van der Waals surface area contributed by atoms with E-state index in [1.165, 1.54) is 82.8 Å². The van der Waals surface area contributed by atoms with E-state index in [-0.39, 0.29) is 43.9 Å². The van der Waals surface area contributed by atoms with Crippen LogP contribution in [-0.4, -0.2) is 240 Å². The smallest absolute Gasteiger partial charge is 0.246 e. The fourth-order valence-electron chi connectivity index (χ4n) is 11.4. The van der Waals surface area contributed by atoms with Gasteiger partial charge in [0.2, 0.25) is 70.9 Å². The van der Waals surface area contributed by atoms with Crippen LogP contribution in [0, 0.1) is 17.8 Å². The number of likely N-dealkylation sites (N-methyl/N-ethyl adjacent to an activating group) is 7. The van der Waals surface area contributed by atoms with Crippen LogP contribution in [0.1, 0.15) is 138 Å². The highest BCUT2D eigenvalue weighted by Gasteiger charge is 2.44. The maximum atomic E-state index is 15.1. The van der Waals surface area contributed by atoms with Crippen LogP contribution in [-0.2, 0) is 70.4 Å². The van der Waals surface area contributed by atoms with Crippen LogP contribution >= 0.6 is 27.5 Å². The van der Waals surface area contributed by atoms with Crippen LogP contribution < -0.4 is 21.3 Å². The number of carbonyl (C=O) groups is 12. The first-order chi connectivity index (χ1) is 44.0. The lowest BCUT2D eigenvalue weighted by atomic mass is 9.95. The molecule has 1 unspecified atom stereocenters. The van der Waals surface area contributed by atoms with E-state index >= 15 is 4.79 Å². The van der Waals surface area contributed by atoms with Crippen molar-refractivity contribution in [2.24, 2.45) is 17.8 Å². The predicted molar refractivity (Wildman–Crippen MR) is 363 cm³/mol. The van der Waals surface area contributed by atoms with E-state index in [2.05, 4.69) is 37.2 Å². The van der Waals surface area contributed by atoms with Gasteiger partial charge in [0.15, 0.2) is 0 Å². The number of amides is 12. The Kier molecular flexibility index (Phi) is 30.9. The average molecular weight is 1400 g/mol. The highest BCUT2D eigenvalue weighted by Crippen LogP contribution is 2.24. The summed E-state index contributed by atoms with van der Waals surface area (Å²) in [4.78, 5) is 186. The van der Waals surface area contributed by atoms with Gasteiger partial charge in [-0.1, -0.05) is 120 Å². The Balaban J connectivity index is 1.89. The molecule has 0 spiro atoms. The van der Waals surface area contributed by atoms with Gasteiger partial charge in [0, 0.05) is 84.8 Å². The number of benzene rings is 2. The Morgan fingerprint density at radius 2 is 1.19 bits per heavy atom. The van der Waals surface area contributed by atoms with Gasteiger partial charge in [-0.3, -0.25) is 57.5 Å². The zero-order valence-corrected chi connectivity index (χ0v) is 60.5. The summed E-state index contributed by atoms with van der Waals surface area (Å²) in [5.74, 6) is -8.91. The summed E-state index contributed by atoms with van der Waals surface area (Å²) >= 11 is 9.71. The van der Waals surface area contributed by atoms with E-state index in [9.17, 15) is 52.7 Å². The molecule has 2 saturated heterocycles. The Bertz CT molecular complexity index is 3000. The third-order valence-electron chi connectivity index (χ3n) is 18.0. The fourth-order valence-corrected chi connectivity index (χ4v) is 12.0. The fraction of sp³-hybridized carbons (Fsp3) is 0.647. The molecule has 2 heterocycles. The van der Waals surface area contributed by atoms with Crippen molar-refractivity contribution in [1.82, 2.24) is 60.5 Å². The molecule has 2 aromatic rings. The Hall–Kier alpha value is -7.15. The minimum atomic E-state index is -1.70. The second kappa shape index (κ2) is 36.7. The topological polar surface area (TPSA) is 279 Å². The summed E-state index contributed by atoms with van der Waals surface area (Å²) in [6, 6.07) is 4.81. The molecule has 2 aliphatic rings. The standard InChI is InChI=1S/C68H104BrClN12O12/c1-17-19-26-49-63(90)81(16)68(8,9)67(94)73-51(33-42(3)4)62(89)80(15)54(65(92)82-31-21-20-22-32-82)38-56(84)78(13)52(34-43(5)6)61(88)74-59(44(7)18-2)66(93)77(12)40-57(85)75(10)41-58(86)79(14)53(37-45-27-29-48(70)30-28-45)64(91)76(11)39-55(83)71-50(60(87)72-49)36-46-24-23-25-47(69)35-46/h23-25,27-30,35,42-44,49-54,59H,17-22,26,31-34,36-41H2,1-16H3,(H,71,83)(H,72,87)(H,73,94)(H,74,88)/t44-,49-,50-,51-,52-,53-,54?,59-/m0/s1. The van der Waals surface area contributed by atoms with Gasteiger partial charge >= 0.3 is 0 Å². The highest BCUT2D eigenvalue weighted by molar-refractivity contribution is 9.10. The molecule has 12 amide bonds. The number of unbranched alkanes of at least 4 members (excludes halogenated alkanes) is 1. The molecular formula is C68H104BrClN12O12. The van der Waals surface area contributed by atoms with Crippen LogP contribution in [0.5, 0.6) is 0 Å². The van der Waals surface area contributed by atoms with Gasteiger partial charge in [-0.15, -0.1) is 0 Å². The molecule has 0 saturated carbocycles. The van der Waals surface area contributed by atoms with Crippen molar-refractivity contribution in [3.05, 3.63) is 69.2 Å². The molecule has 4 N–H and O–H groups in total. The normalized spacial score (nSPS) is 24.0. The number of hydrogen-bond donors (Lipinski definition) is 4. The number of nitrogens with zero attached hydrogens (tertiary/aromatic N) is 8. The summed E-state index contributed by atoms with van der Waals surface area (Å²) in [5, 5.41) is 11.8. The minimum Gasteiger partial charge on any atom is -0.343 e. The lowest BCUT2D eigenvalue weighted by Crippen LogP contribution is -2.63. The van der Waals surface area contributed by atoms with Gasteiger partial charge in [0.1, 0.15) is 47.8 Å². The van der Waals surface area contributed by atoms with Crippen molar-refractivity contribution in [2.75, 3.05) is 82.1 Å². The predicted octanol–water partition coefficient (Wildman–Crippen LogP) is 4.66. The molecule has 2 fully saturated rings. The molecule has 4 rings (SSSR count). The molecule has 0 bridgehead atoms. The van der Waals surface area contributed by atoms with Gasteiger partial charge in [-0.2, -0.15) is 0 Å². The maximum absolute atomic E-state index is 15.1. The lowest BCUT2D eigenvalue weighted by molar-refractivity contribution is -0.152. The lowest BCUT2D eigenvalue weighted by Gasteiger charge is -2.39. The number of piperidine rings is 1. The van der Waals surface area contributed by atoms with Crippen molar-refractivity contribution in [1.29, 1.82) is 0 Å². The monoisotopic (exact) mass is 1390 g/mol. The zero-order valence-electron chi connectivity index (χ0n) is 58.1. The first-order valence-electron chi connectivity index (χ1n) is 32.8. The van der Waals surface area contributed by atoms with Crippen molar-refractivity contribution >= 4 is 98.4 Å². The summed E-state index contributed by atoms with van der Waals surface area (Å²) in [6.45, 7) is 15.0. The van der Waals surface area contributed by atoms with E-state index < -0.39 is 151 Å². The van der Waals surface area contributed by atoms with Crippen LogP contribution in [0.2, 0.25) is 5.02 Å². The summed E-state index contributed by atoms with van der Waals surface area (Å²) in [7, 11) is 9.76. The zero-order chi connectivity index (χ0) is 70.6. The minimum absolute atomic E-state index is 0.0509. The summed E-state index contributed by atoms with van der Waals surface area (Å²) in [6.07, 6.45) is 3.41. The van der Waals surface area contributed by atoms with Crippen LogP contribution in [0.15, 0.2) is 53.0 Å². The number of likely N-dealkylation sites (tertiary alicyclic amines) is 1. The molecule has 2 aliphatic heterocycles.